The van der Waals surface area contributed by atoms with Crippen molar-refractivity contribution >= 4 is 5.91 Å². The van der Waals surface area contributed by atoms with Crippen LogP contribution in [0.5, 0.6) is 0 Å². The Hall–Kier alpha value is -2.57. The minimum absolute atomic E-state index is 0.0526. The zero-order valence-electron chi connectivity index (χ0n) is 14.6. The van der Waals surface area contributed by atoms with Crippen LogP contribution in [0.25, 0.3) is 0 Å². The average molecular weight is 361 g/mol. The van der Waals surface area contributed by atoms with Crippen molar-refractivity contribution in [3.63, 3.8) is 0 Å². The number of aromatic nitrogens is 2. The van der Waals surface area contributed by atoms with Gasteiger partial charge in [-0.1, -0.05) is 6.07 Å². The van der Waals surface area contributed by atoms with E-state index in [1.165, 1.54) is 12.3 Å². The Labute approximate surface area is 150 Å². The van der Waals surface area contributed by atoms with Crippen molar-refractivity contribution < 1.29 is 13.6 Å². The van der Waals surface area contributed by atoms with Gasteiger partial charge < -0.3 is 9.88 Å². The molecule has 7 heteroatoms. The fourth-order valence-electron chi connectivity index (χ4n) is 3.36. The molecule has 1 aromatic carbocycles. The van der Waals surface area contributed by atoms with Gasteiger partial charge in [-0.05, 0) is 56.2 Å². The molecule has 1 aromatic heterocycles. The molecule has 1 fully saturated rings. The van der Waals surface area contributed by atoms with Crippen LogP contribution in [-0.4, -0.2) is 33.9 Å². The van der Waals surface area contributed by atoms with E-state index in [4.69, 9.17) is 0 Å². The third-order valence-electron chi connectivity index (χ3n) is 4.79. The van der Waals surface area contributed by atoms with E-state index in [-0.39, 0.29) is 17.4 Å². The fourth-order valence-corrected chi connectivity index (χ4v) is 3.36. The van der Waals surface area contributed by atoms with Crippen LogP contribution >= 0.6 is 0 Å². The first-order chi connectivity index (χ1) is 12.4. The van der Waals surface area contributed by atoms with E-state index in [0.717, 1.165) is 30.9 Å². The first-order valence-corrected chi connectivity index (χ1v) is 8.73. The predicted octanol–water partition coefficient (Wildman–Crippen LogP) is 2.84. The van der Waals surface area contributed by atoms with Crippen LogP contribution in [0.15, 0.2) is 29.2 Å². The van der Waals surface area contributed by atoms with E-state index in [1.807, 2.05) is 0 Å². The second-order valence-corrected chi connectivity index (χ2v) is 6.76. The molecule has 2 heterocycles. The summed E-state index contributed by atoms with van der Waals surface area (Å²) in [7, 11) is 0. The predicted molar refractivity (Wildman–Crippen MR) is 92.9 cm³/mol. The van der Waals surface area contributed by atoms with Crippen molar-refractivity contribution in [1.29, 1.82) is 0 Å². The molecular formula is C19H21F2N3O2. The second-order valence-electron chi connectivity index (χ2n) is 6.76. The van der Waals surface area contributed by atoms with Gasteiger partial charge in [0.2, 0.25) is 0 Å². The highest BCUT2D eigenvalue weighted by Gasteiger charge is 2.26. The van der Waals surface area contributed by atoms with Crippen LogP contribution in [0.3, 0.4) is 0 Å². The van der Waals surface area contributed by atoms with Crippen LogP contribution < -0.4 is 5.56 Å². The number of likely N-dealkylation sites (tertiary alicyclic amines) is 1. The first kappa shape index (κ1) is 18.2. The summed E-state index contributed by atoms with van der Waals surface area (Å²) in [5.74, 6) is -1.27. The van der Waals surface area contributed by atoms with Gasteiger partial charge in [0.05, 0.1) is 0 Å². The summed E-state index contributed by atoms with van der Waals surface area (Å²) in [6.45, 7) is 2.81. The van der Waals surface area contributed by atoms with Gasteiger partial charge in [-0.3, -0.25) is 9.59 Å². The van der Waals surface area contributed by atoms with Crippen molar-refractivity contribution in [3.05, 3.63) is 63.3 Å². The van der Waals surface area contributed by atoms with Gasteiger partial charge in [0, 0.05) is 19.3 Å². The summed E-state index contributed by atoms with van der Waals surface area (Å²) < 4.78 is 26.3. The lowest BCUT2D eigenvalue weighted by Gasteiger charge is -2.32. The number of amides is 1. The molecule has 0 spiro atoms. The highest BCUT2D eigenvalue weighted by atomic mass is 19.2. The Kier molecular flexibility index (Phi) is 5.44. The normalized spacial score (nSPS) is 17.3. The van der Waals surface area contributed by atoms with Crippen LogP contribution in [0.4, 0.5) is 8.78 Å². The van der Waals surface area contributed by atoms with Gasteiger partial charge >= 0.3 is 0 Å². The third kappa shape index (κ3) is 4.15. The zero-order chi connectivity index (χ0) is 18.7. The smallest absolute Gasteiger partial charge is 0.263 e. The van der Waals surface area contributed by atoms with Crippen molar-refractivity contribution in [2.45, 2.75) is 32.6 Å². The molecule has 1 aliphatic heterocycles. The second kappa shape index (κ2) is 7.76. The van der Waals surface area contributed by atoms with Crippen LogP contribution in [0.2, 0.25) is 0 Å². The van der Waals surface area contributed by atoms with Gasteiger partial charge in [0.25, 0.3) is 11.5 Å². The number of hydrogen-bond acceptors (Lipinski definition) is 3. The van der Waals surface area contributed by atoms with E-state index >= 15 is 0 Å². The van der Waals surface area contributed by atoms with Crippen LogP contribution in [-0.2, 0) is 6.42 Å². The average Bonchev–Trinajstić information content (AvgIpc) is 2.62. The molecule has 0 aliphatic carbocycles. The number of nitrogens with one attached hydrogen (secondary N) is 1. The highest BCUT2D eigenvalue weighted by molar-refractivity contribution is 5.93. The molecule has 5 nitrogen and oxygen atoms in total. The molecule has 0 bridgehead atoms. The van der Waals surface area contributed by atoms with Crippen LogP contribution in [0.1, 0.15) is 41.0 Å². The van der Waals surface area contributed by atoms with Crippen molar-refractivity contribution in [2.75, 3.05) is 13.1 Å². The van der Waals surface area contributed by atoms with E-state index in [0.29, 0.717) is 25.3 Å². The standard InChI is InChI=1S/C19H21F2N3O2/c1-12-22-10-15(18(25)23-12)19(26)24-8-2-3-14(11-24)5-4-13-6-7-16(20)17(21)9-13/h6-7,9-10,14H,2-5,8,11H2,1H3,(H,22,23,25)/t14-/m0/s1. The topological polar surface area (TPSA) is 66.1 Å². The number of nitrogens with zero attached hydrogens (tertiary/aromatic N) is 2. The lowest BCUT2D eigenvalue weighted by Crippen LogP contribution is -2.42. The minimum atomic E-state index is -0.847. The van der Waals surface area contributed by atoms with E-state index < -0.39 is 17.2 Å². The largest absolute Gasteiger partial charge is 0.338 e. The third-order valence-corrected chi connectivity index (χ3v) is 4.79. The lowest BCUT2D eigenvalue weighted by atomic mass is 9.91. The van der Waals surface area contributed by atoms with Crippen molar-refractivity contribution in [1.82, 2.24) is 14.9 Å². The lowest BCUT2D eigenvalue weighted by molar-refractivity contribution is 0.0666. The number of rotatable bonds is 4. The molecule has 1 saturated heterocycles. The van der Waals surface area contributed by atoms with Gasteiger partial charge in [-0.15, -0.1) is 0 Å². The molecule has 0 saturated carbocycles. The number of halogens is 2. The number of benzene rings is 1. The Balaban J connectivity index is 1.62. The summed E-state index contributed by atoms with van der Waals surface area (Å²) in [4.78, 5) is 32.8. The SMILES string of the molecule is Cc1ncc(C(=O)N2CCC[C@@H](CCc3ccc(F)c(F)c3)C2)c(=O)[nH]1. The van der Waals surface area contributed by atoms with Gasteiger partial charge in [0.15, 0.2) is 11.6 Å². The number of carbonyl (C=O) groups is 1. The summed E-state index contributed by atoms with van der Waals surface area (Å²) in [6, 6.07) is 3.94. The summed E-state index contributed by atoms with van der Waals surface area (Å²) in [6.07, 6.45) is 4.54. The molecule has 1 atom stereocenters. The molecule has 26 heavy (non-hydrogen) atoms. The molecular weight excluding hydrogens is 340 g/mol. The van der Waals surface area contributed by atoms with Crippen LogP contribution in [0, 0.1) is 24.5 Å². The van der Waals surface area contributed by atoms with Gasteiger partial charge in [-0.25, -0.2) is 13.8 Å². The molecule has 0 unspecified atom stereocenters. The first-order valence-electron chi connectivity index (χ1n) is 8.73. The number of aromatic amines is 1. The Bertz CT molecular complexity index is 866. The molecule has 3 rings (SSSR count). The number of carbonyl (C=O) groups excluding carboxylic acids is 1. The maximum atomic E-state index is 13.3. The van der Waals surface area contributed by atoms with E-state index in [1.54, 1.807) is 17.9 Å². The fraction of sp³-hybridized carbons (Fsp3) is 0.421. The van der Waals surface area contributed by atoms with E-state index in [9.17, 15) is 18.4 Å². The Morgan fingerprint density at radius 1 is 1.35 bits per heavy atom. The maximum Gasteiger partial charge on any atom is 0.263 e. The number of hydrogen-bond donors (Lipinski definition) is 1. The molecule has 138 valence electrons. The summed E-state index contributed by atoms with van der Waals surface area (Å²) >= 11 is 0. The summed E-state index contributed by atoms with van der Waals surface area (Å²) in [5, 5.41) is 0. The Morgan fingerprint density at radius 2 is 2.15 bits per heavy atom. The van der Waals surface area contributed by atoms with Gasteiger partial charge in [-0.2, -0.15) is 0 Å². The van der Waals surface area contributed by atoms with Crippen molar-refractivity contribution in [2.24, 2.45) is 5.92 Å². The maximum absolute atomic E-state index is 13.3. The molecule has 1 aliphatic rings. The number of aryl methyl sites for hydroxylation is 2. The summed E-state index contributed by atoms with van der Waals surface area (Å²) in [5.41, 5.74) is 0.370. The number of piperidine rings is 1. The van der Waals surface area contributed by atoms with Crippen molar-refractivity contribution in [3.8, 4) is 0 Å². The highest BCUT2D eigenvalue weighted by Crippen LogP contribution is 2.23. The van der Waals surface area contributed by atoms with E-state index in [2.05, 4.69) is 9.97 Å². The zero-order valence-corrected chi connectivity index (χ0v) is 14.6. The monoisotopic (exact) mass is 361 g/mol. The molecule has 1 amide bonds. The minimum Gasteiger partial charge on any atom is -0.338 e. The molecule has 0 radical (unpaired) electrons. The quantitative estimate of drug-likeness (QED) is 0.911. The number of H-pyrrole nitrogens is 1. The molecule has 1 N–H and O–H groups in total. The Morgan fingerprint density at radius 3 is 2.88 bits per heavy atom. The molecule has 2 aromatic rings. The van der Waals surface area contributed by atoms with Gasteiger partial charge in [0.1, 0.15) is 11.4 Å².